The molecular formula is C90H82N6O8. The van der Waals surface area contributed by atoms with Crippen LogP contribution in [0.3, 0.4) is 0 Å². The highest BCUT2D eigenvalue weighted by molar-refractivity contribution is 6.49. The molecule has 0 fully saturated rings. The number of para-hydroxylation sites is 2. The SMILES string of the molecule is CC(C)c1cccc(C(C)C)c1N1C(=O)c2cc(Oc3ccc(CCN)cc3)c3c4ccc5c6c(Oc7ccc(CCN)cc7)cc7c8c(cc(Oc9ccc(CCN)cc9)c(c9ccc(c%10c(Oc%11ccc(CCN)cc%11)cc(c2c3%10)C1=O)c4c59)c86)C(=O)N(c1c(C(C)C)cccc1C(C)C)C7=O. The lowest BCUT2D eigenvalue weighted by Crippen LogP contribution is -2.42. The van der Waals surface area contributed by atoms with Crippen LogP contribution in [-0.4, -0.2) is 49.8 Å². The molecule has 8 N–H and O–H groups in total. The van der Waals surface area contributed by atoms with E-state index in [1.54, 1.807) is 0 Å². The van der Waals surface area contributed by atoms with Crippen molar-refractivity contribution in [3.8, 4) is 46.0 Å². The quantitative estimate of drug-likeness (QED) is 0.0283. The first-order valence-corrected chi connectivity index (χ1v) is 36.3. The third kappa shape index (κ3) is 10.9. The fourth-order valence-corrected chi connectivity index (χ4v) is 16.3. The van der Waals surface area contributed by atoms with Gasteiger partial charge in [0.25, 0.3) is 23.6 Å². The van der Waals surface area contributed by atoms with Crippen molar-refractivity contribution in [3.63, 3.8) is 0 Å². The number of hydrogen-bond acceptors (Lipinski definition) is 12. The summed E-state index contributed by atoms with van der Waals surface area (Å²) in [5.41, 5.74) is 34.2. The van der Waals surface area contributed by atoms with Crippen LogP contribution in [0.2, 0.25) is 0 Å². The summed E-state index contributed by atoms with van der Waals surface area (Å²) in [5.74, 6) is 1.35. The van der Waals surface area contributed by atoms with Crippen molar-refractivity contribution in [2.24, 2.45) is 22.9 Å². The molecule has 0 aliphatic carbocycles. The summed E-state index contributed by atoms with van der Waals surface area (Å²) >= 11 is 0. The Labute approximate surface area is 603 Å². The zero-order valence-electron chi connectivity index (χ0n) is 59.8. The molecule has 520 valence electrons. The molecule has 0 spiro atoms. The molecule has 0 atom stereocenters. The zero-order chi connectivity index (χ0) is 72.3. The smallest absolute Gasteiger partial charge is 0.266 e. The Kier molecular flexibility index (Phi) is 17.2. The van der Waals surface area contributed by atoms with Crippen molar-refractivity contribution in [2.75, 3.05) is 36.0 Å². The van der Waals surface area contributed by atoms with E-state index in [1.165, 1.54) is 9.80 Å². The topological polar surface area (TPSA) is 216 Å². The van der Waals surface area contributed by atoms with Crippen LogP contribution in [0.1, 0.15) is 165 Å². The monoisotopic (exact) mass is 1370 g/mol. The maximum atomic E-state index is 16.3. The number of fused-ring (bicyclic) bond motifs is 4. The second-order valence-electron chi connectivity index (χ2n) is 29.0. The van der Waals surface area contributed by atoms with Crippen LogP contribution >= 0.6 is 0 Å². The lowest BCUT2D eigenvalue weighted by molar-refractivity contribution is 0.0877. The maximum Gasteiger partial charge on any atom is 0.266 e. The summed E-state index contributed by atoms with van der Waals surface area (Å²) in [6.07, 6.45) is 2.64. The number of rotatable bonds is 22. The molecule has 2 heterocycles. The predicted molar refractivity (Wildman–Crippen MR) is 420 cm³/mol. The van der Waals surface area contributed by atoms with Gasteiger partial charge in [0.15, 0.2) is 0 Å². The Morgan fingerprint density at radius 3 is 0.702 bits per heavy atom. The summed E-state index contributed by atoms with van der Waals surface area (Å²) in [6, 6.07) is 58.9. The van der Waals surface area contributed by atoms with Gasteiger partial charge in [-0.25, -0.2) is 9.80 Å². The number of ether oxygens (including phenoxy) is 4. The van der Waals surface area contributed by atoms with Gasteiger partial charge in [-0.3, -0.25) is 19.2 Å². The number of nitrogens with zero attached hydrogens (tertiary/aromatic N) is 2. The molecule has 2 aliphatic rings. The molecular weight excluding hydrogens is 1290 g/mol. The number of benzene rings is 14. The van der Waals surface area contributed by atoms with E-state index in [0.717, 1.165) is 76.8 Å². The Bertz CT molecular complexity index is 5130. The van der Waals surface area contributed by atoms with Crippen LogP contribution in [0, 0.1) is 0 Å². The summed E-state index contributed by atoms with van der Waals surface area (Å²) in [5, 5.41) is 9.21. The molecule has 0 saturated carbocycles. The van der Waals surface area contributed by atoms with Gasteiger partial charge in [-0.05, 0) is 225 Å². The number of nitrogens with two attached hydrogens (primary N) is 4. The first-order valence-electron chi connectivity index (χ1n) is 36.3. The van der Waals surface area contributed by atoms with Gasteiger partial charge in [0.1, 0.15) is 46.0 Å². The number of amides is 4. The van der Waals surface area contributed by atoms with Crippen LogP contribution in [0.25, 0.3) is 75.4 Å². The van der Waals surface area contributed by atoms with Crippen molar-refractivity contribution >= 4 is 110 Å². The molecule has 14 aromatic rings. The van der Waals surface area contributed by atoms with Crippen LogP contribution in [0.15, 0.2) is 182 Å². The van der Waals surface area contributed by atoms with E-state index in [9.17, 15) is 0 Å². The number of carbonyl (C=O) groups is 4. The van der Waals surface area contributed by atoms with Gasteiger partial charge in [-0.15, -0.1) is 0 Å². The van der Waals surface area contributed by atoms with E-state index in [2.05, 4.69) is 79.7 Å². The van der Waals surface area contributed by atoms with Crippen molar-refractivity contribution in [2.45, 2.75) is 105 Å². The molecule has 14 heteroatoms. The third-order valence-corrected chi connectivity index (χ3v) is 21.1. The summed E-state index contributed by atoms with van der Waals surface area (Å²) < 4.78 is 29.3. The lowest BCUT2D eigenvalue weighted by atomic mass is 9.79. The molecule has 14 nitrogen and oxygen atoms in total. The molecule has 0 unspecified atom stereocenters. The first kappa shape index (κ1) is 67.2. The van der Waals surface area contributed by atoms with E-state index >= 15 is 19.2 Å². The van der Waals surface area contributed by atoms with Crippen LogP contribution in [-0.2, 0) is 25.7 Å². The number of hydrogen-bond donors (Lipinski definition) is 4. The molecule has 0 radical (unpaired) electrons. The maximum absolute atomic E-state index is 16.3. The summed E-state index contributed by atoms with van der Waals surface area (Å²) in [7, 11) is 0. The van der Waals surface area contributed by atoms with E-state index in [0.29, 0.717) is 152 Å². The van der Waals surface area contributed by atoms with Crippen molar-refractivity contribution in [1.82, 2.24) is 0 Å². The highest BCUT2D eigenvalue weighted by Crippen LogP contribution is 2.58. The van der Waals surface area contributed by atoms with Crippen molar-refractivity contribution < 1.29 is 38.1 Å². The van der Waals surface area contributed by atoms with Crippen LogP contribution in [0.5, 0.6) is 46.0 Å². The average Bonchev–Trinajstić information content (AvgIpc) is 0.672. The second-order valence-corrected chi connectivity index (χ2v) is 29.0. The van der Waals surface area contributed by atoms with Gasteiger partial charge in [0.05, 0.1) is 33.6 Å². The summed E-state index contributed by atoms with van der Waals surface area (Å²) in [6.45, 7) is 18.5. The number of anilines is 2. The highest BCUT2D eigenvalue weighted by atomic mass is 16.5. The Morgan fingerprint density at radius 1 is 0.279 bits per heavy atom. The molecule has 0 saturated heterocycles. The zero-order valence-corrected chi connectivity index (χ0v) is 59.8. The Balaban J connectivity index is 1.07. The van der Waals surface area contributed by atoms with E-state index < -0.39 is 23.6 Å². The minimum atomic E-state index is -0.484. The van der Waals surface area contributed by atoms with Gasteiger partial charge >= 0.3 is 0 Å². The Morgan fingerprint density at radius 2 is 0.500 bits per heavy atom. The van der Waals surface area contributed by atoms with Gasteiger partial charge < -0.3 is 41.9 Å². The van der Waals surface area contributed by atoms with Gasteiger partial charge in [0.2, 0.25) is 0 Å². The minimum absolute atomic E-state index is 0.0562. The predicted octanol–water partition coefficient (Wildman–Crippen LogP) is 19.9. The van der Waals surface area contributed by atoms with E-state index in [1.807, 2.05) is 158 Å². The minimum Gasteiger partial charge on any atom is -0.457 e. The fourth-order valence-electron chi connectivity index (χ4n) is 16.3. The largest absolute Gasteiger partial charge is 0.457 e. The average molecular weight is 1380 g/mol. The van der Waals surface area contributed by atoms with E-state index in [-0.39, 0.29) is 45.9 Å². The summed E-state index contributed by atoms with van der Waals surface area (Å²) in [4.78, 5) is 67.9. The van der Waals surface area contributed by atoms with Crippen LogP contribution in [0.4, 0.5) is 11.4 Å². The molecule has 0 aromatic heterocycles. The van der Waals surface area contributed by atoms with E-state index in [4.69, 9.17) is 41.9 Å². The lowest BCUT2D eigenvalue weighted by Gasteiger charge is -2.34. The molecule has 2 aliphatic heterocycles. The fraction of sp³-hybridized carbons (Fsp3) is 0.222. The number of carbonyl (C=O) groups excluding carboxylic acids is 4. The first-order chi connectivity index (χ1) is 50.4. The molecule has 104 heavy (non-hydrogen) atoms. The van der Waals surface area contributed by atoms with Crippen molar-refractivity contribution in [3.05, 3.63) is 249 Å². The van der Waals surface area contributed by atoms with Crippen LogP contribution < -0.4 is 51.7 Å². The third-order valence-electron chi connectivity index (χ3n) is 21.1. The Hall–Kier alpha value is -11.3. The number of imide groups is 2. The standard InChI is InChI=1S/C90H82N6O8/c1-47(2)59-11-9-12-60(48(3)4)85(59)95-87(97)67-43-71(101-55-23-15-51(16-24-55)35-39-91)79-63-31-33-65-76-66(34-32-64(75(63)76)80-72(44-68(88(95)98)77(67)83(79)80)102-56-25-17-52(18-26-56)36-40-92)82-74(104-58-29-21-54(22-30-58)38-42-94)46-70-78-69(45-73(81(65)84(78)82)103-57-27-19-53(20-28-57)37-41-93)89(99)96(90(70)100)86-61(49(5)6)13-10-14-62(86)50(7)8/h9-34,43-50H,35-42,91-94H2,1-8H3. The molecule has 0 bridgehead atoms. The molecule has 4 amide bonds. The van der Waals surface area contributed by atoms with Crippen molar-refractivity contribution in [1.29, 1.82) is 0 Å². The second kappa shape index (κ2) is 26.5. The highest BCUT2D eigenvalue weighted by Gasteiger charge is 2.43. The normalized spacial score (nSPS) is 13.3. The van der Waals surface area contributed by atoms with Gasteiger partial charge in [-0.2, -0.15) is 0 Å². The molecule has 16 rings (SSSR count). The molecule has 14 aromatic carbocycles. The van der Waals surface area contributed by atoms with Gasteiger partial charge in [0, 0.05) is 43.1 Å². The van der Waals surface area contributed by atoms with Gasteiger partial charge in [-0.1, -0.05) is 165 Å².